The lowest BCUT2D eigenvalue weighted by molar-refractivity contribution is -0.129. The number of nitrogens with zero attached hydrogens (tertiary/aromatic N) is 2. The minimum atomic E-state index is -1.18. The quantitative estimate of drug-likeness (QED) is 0.658. The maximum absolute atomic E-state index is 13.5. The topological polar surface area (TPSA) is 93.1 Å². The smallest absolute Gasteiger partial charge is 0.246 e. The fraction of sp³-hybridized carbons (Fsp3) is 0.200. The molecule has 29 heavy (non-hydrogen) atoms. The molecule has 1 heterocycles. The van der Waals surface area contributed by atoms with Crippen molar-refractivity contribution in [2.75, 3.05) is 7.05 Å². The summed E-state index contributed by atoms with van der Waals surface area (Å²) < 4.78 is 28.2. The highest BCUT2D eigenvalue weighted by molar-refractivity contribution is 5.88. The van der Waals surface area contributed by atoms with Gasteiger partial charge in [0.25, 0.3) is 0 Å². The number of likely N-dealkylation sites (N-methyl/N-ethyl adjacent to an activating group) is 1. The molecule has 0 aliphatic rings. The van der Waals surface area contributed by atoms with E-state index in [1.807, 2.05) is 0 Å². The molecule has 0 saturated heterocycles. The molecule has 9 heteroatoms. The average Bonchev–Trinajstić information content (AvgIpc) is 2.73. The van der Waals surface area contributed by atoms with Crippen LogP contribution < -0.4 is 16.1 Å². The summed E-state index contributed by atoms with van der Waals surface area (Å²) in [6.07, 6.45) is 1.13. The molecule has 0 saturated carbocycles. The van der Waals surface area contributed by atoms with Gasteiger partial charge in [-0.25, -0.2) is 8.78 Å². The molecule has 1 unspecified atom stereocenters. The van der Waals surface area contributed by atoms with E-state index in [0.717, 1.165) is 12.1 Å². The van der Waals surface area contributed by atoms with E-state index in [1.54, 1.807) is 24.3 Å². The molecule has 1 atom stereocenters. The number of aromatic nitrogens is 2. The Morgan fingerprint density at radius 2 is 1.90 bits per heavy atom. The second-order valence-corrected chi connectivity index (χ2v) is 6.29. The first kappa shape index (κ1) is 20.1. The highest BCUT2D eigenvalue weighted by atomic mass is 19.2. The van der Waals surface area contributed by atoms with Crippen molar-refractivity contribution in [2.24, 2.45) is 0 Å². The Balaban J connectivity index is 1.76. The predicted octanol–water partition coefficient (Wildman–Crippen LogP) is 1.67. The summed E-state index contributed by atoms with van der Waals surface area (Å²) in [6, 6.07) is 8.68. The van der Waals surface area contributed by atoms with Crippen molar-refractivity contribution in [3.05, 3.63) is 76.1 Å². The van der Waals surface area contributed by atoms with Crippen LogP contribution in [-0.2, 0) is 16.1 Å². The zero-order valence-electron chi connectivity index (χ0n) is 15.5. The summed E-state index contributed by atoms with van der Waals surface area (Å²) in [5, 5.41) is 9.42. The molecule has 1 aromatic heterocycles. The molecule has 3 aromatic rings. The number of rotatable bonds is 6. The molecule has 0 radical (unpaired) electrons. The van der Waals surface area contributed by atoms with Crippen LogP contribution in [0.3, 0.4) is 0 Å². The van der Waals surface area contributed by atoms with E-state index in [0.29, 0.717) is 10.9 Å². The van der Waals surface area contributed by atoms with Crippen LogP contribution in [0.25, 0.3) is 10.9 Å². The van der Waals surface area contributed by atoms with Crippen molar-refractivity contribution in [1.29, 1.82) is 0 Å². The molecule has 0 spiro atoms. The number of hydrogen-bond donors (Lipinski definition) is 2. The van der Waals surface area contributed by atoms with Gasteiger partial charge in [0.1, 0.15) is 6.04 Å². The van der Waals surface area contributed by atoms with Crippen molar-refractivity contribution in [3.8, 4) is 0 Å². The van der Waals surface area contributed by atoms with Gasteiger partial charge in [0.05, 0.1) is 18.3 Å². The number of halogens is 2. The van der Waals surface area contributed by atoms with Gasteiger partial charge in [-0.15, -0.1) is 0 Å². The molecule has 0 aliphatic heterocycles. The molecule has 2 N–H and O–H groups in total. The summed E-state index contributed by atoms with van der Waals surface area (Å²) in [5.41, 5.74) is 0.471. The van der Waals surface area contributed by atoms with Crippen LogP contribution >= 0.6 is 0 Å². The third kappa shape index (κ3) is 4.45. The fourth-order valence-electron chi connectivity index (χ4n) is 2.92. The highest BCUT2D eigenvalue weighted by Gasteiger charge is 2.23. The van der Waals surface area contributed by atoms with Crippen molar-refractivity contribution >= 4 is 22.7 Å². The zero-order chi connectivity index (χ0) is 21.0. The number of aryl methyl sites for hydroxylation is 1. The van der Waals surface area contributed by atoms with Crippen LogP contribution in [0, 0.1) is 11.6 Å². The standard InChI is InChI=1S/C20H18F2N4O3/c1-23-20(29)19(12-6-7-14(21)15(22)10-12)25-18(28)8-9-26-16-5-3-2-4-13(16)17(27)11-24-26/h2-7,10-11,19H,8-9H2,1H3,(H,23,29)(H,25,28). The summed E-state index contributed by atoms with van der Waals surface area (Å²) >= 11 is 0. The zero-order valence-corrected chi connectivity index (χ0v) is 15.5. The molecule has 0 fully saturated rings. The second-order valence-electron chi connectivity index (χ2n) is 6.29. The van der Waals surface area contributed by atoms with Crippen LogP contribution in [0.15, 0.2) is 53.5 Å². The molecule has 0 aliphatic carbocycles. The van der Waals surface area contributed by atoms with E-state index in [4.69, 9.17) is 0 Å². The maximum Gasteiger partial charge on any atom is 0.246 e. The summed E-state index contributed by atoms with van der Waals surface area (Å²) in [4.78, 5) is 36.4. The molecular formula is C20H18F2N4O3. The normalized spacial score (nSPS) is 11.8. The minimum Gasteiger partial charge on any atom is -0.357 e. The van der Waals surface area contributed by atoms with Crippen molar-refractivity contribution in [2.45, 2.75) is 19.0 Å². The number of amides is 2. The van der Waals surface area contributed by atoms with Crippen LogP contribution in [0.1, 0.15) is 18.0 Å². The van der Waals surface area contributed by atoms with Gasteiger partial charge in [0, 0.05) is 18.9 Å². The van der Waals surface area contributed by atoms with Gasteiger partial charge in [-0.05, 0) is 29.8 Å². The molecule has 7 nitrogen and oxygen atoms in total. The third-order valence-corrected chi connectivity index (χ3v) is 4.40. The number of carbonyl (C=O) groups excluding carboxylic acids is 2. The first-order valence-corrected chi connectivity index (χ1v) is 8.81. The van der Waals surface area contributed by atoms with E-state index < -0.39 is 29.5 Å². The molecule has 2 amide bonds. The molecule has 150 valence electrons. The Morgan fingerprint density at radius 3 is 2.62 bits per heavy atom. The van der Waals surface area contributed by atoms with Gasteiger partial charge in [0.15, 0.2) is 11.6 Å². The Morgan fingerprint density at radius 1 is 1.14 bits per heavy atom. The lowest BCUT2D eigenvalue weighted by Gasteiger charge is -2.18. The van der Waals surface area contributed by atoms with Gasteiger partial charge < -0.3 is 10.6 Å². The van der Waals surface area contributed by atoms with Gasteiger partial charge in [-0.2, -0.15) is 5.10 Å². The summed E-state index contributed by atoms with van der Waals surface area (Å²) in [5.74, 6) is -3.23. The number of hydrogen-bond acceptors (Lipinski definition) is 4. The van der Waals surface area contributed by atoms with Crippen molar-refractivity contribution in [3.63, 3.8) is 0 Å². The van der Waals surface area contributed by atoms with E-state index in [9.17, 15) is 23.2 Å². The van der Waals surface area contributed by atoms with Gasteiger partial charge >= 0.3 is 0 Å². The van der Waals surface area contributed by atoms with Crippen LogP contribution in [0.4, 0.5) is 8.78 Å². The predicted molar refractivity (Wildman–Crippen MR) is 102 cm³/mol. The number of carbonyl (C=O) groups is 2. The average molecular weight is 400 g/mol. The molecular weight excluding hydrogens is 382 g/mol. The van der Waals surface area contributed by atoms with Crippen LogP contribution in [0.5, 0.6) is 0 Å². The van der Waals surface area contributed by atoms with Gasteiger partial charge in [-0.3, -0.25) is 19.1 Å². The van der Waals surface area contributed by atoms with E-state index in [2.05, 4.69) is 15.7 Å². The first-order valence-electron chi connectivity index (χ1n) is 8.81. The summed E-state index contributed by atoms with van der Waals surface area (Å²) in [6.45, 7) is 0.158. The second kappa shape index (κ2) is 8.59. The molecule has 3 rings (SSSR count). The Hall–Kier alpha value is -3.62. The van der Waals surface area contributed by atoms with Gasteiger partial charge in [-0.1, -0.05) is 18.2 Å². The largest absolute Gasteiger partial charge is 0.357 e. The number of fused-ring (bicyclic) bond motifs is 1. The van der Waals surface area contributed by atoms with Crippen LogP contribution in [-0.4, -0.2) is 28.6 Å². The fourth-order valence-corrected chi connectivity index (χ4v) is 2.92. The number of benzene rings is 2. The molecule has 0 bridgehead atoms. The maximum atomic E-state index is 13.5. The summed E-state index contributed by atoms with van der Waals surface area (Å²) in [7, 11) is 1.37. The SMILES string of the molecule is CNC(=O)C(NC(=O)CCn1ncc(=O)c2ccccc21)c1ccc(F)c(F)c1. The Labute approximate surface area is 164 Å². The minimum absolute atomic E-state index is 0.0446. The van der Waals surface area contributed by atoms with Gasteiger partial charge in [0.2, 0.25) is 17.2 Å². The number of para-hydroxylation sites is 1. The van der Waals surface area contributed by atoms with Crippen LogP contribution in [0.2, 0.25) is 0 Å². The Kier molecular flexibility index (Phi) is 5.96. The first-order chi connectivity index (χ1) is 13.9. The Bertz CT molecular complexity index is 1130. The van der Waals surface area contributed by atoms with E-state index >= 15 is 0 Å². The molecule has 2 aromatic carbocycles. The third-order valence-electron chi connectivity index (χ3n) is 4.40. The lowest BCUT2D eigenvalue weighted by atomic mass is 10.1. The van der Waals surface area contributed by atoms with E-state index in [-0.39, 0.29) is 24.0 Å². The highest BCUT2D eigenvalue weighted by Crippen LogP contribution is 2.17. The van der Waals surface area contributed by atoms with E-state index in [1.165, 1.54) is 24.0 Å². The number of nitrogens with one attached hydrogen (secondary N) is 2. The van der Waals surface area contributed by atoms with Crippen molar-refractivity contribution < 1.29 is 18.4 Å². The lowest BCUT2D eigenvalue weighted by Crippen LogP contribution is -2.39. The monoisotopic (exact) mass is 400 g/mol. The van der Waals surface area contributed by atoms with Crippen molar-refractivity contribution in [1.82, 2.24) is 20.4 Å².